The Balaban J connectivity index is 1.87. The highest BCUT2D eigenvalue weighted by Crippen LogP contribution is 2.19. The molecule has 2 fully saturated rings. The Morgan fingerprint density at radius 2 is 1.58 bits per heavy atom. The van der Waals surface area contributed by atoms with E-state index in [1.807, 2.05) is 13.8 Å². The maximum absolute atomic E-state index is 13.2. The summed E-state index contributed by atoms with van der Waals surface area (Å²) in [5.74, 6) is -4.54. The van der Waals surface area contributed by atoms with E-state index in [4.69, 9.17) is 11.5 Å². The Labute approximate surface area is 280 Å². The third-order valence-electron chi connectivity index (χ3n) is 8.04. The molecule has 0 bridgehead atoms. The van der Waals surface area contributed by atoms with E-state index in [2.05, 4.69) is 36.9 Å². The van der Waals surface area contributed by atoms with Crippen LogP contribution in [-0.2, 0) is 33.6 Å². The molecule has 11 N–H and O–H groups in total. The van der Waals surface area contributed by atoms with Crippen molar-refractivity contribution < 1.29 is 38.7 Å². The molecule has 2 heterocycles. The zero-order valence-electron chi connectivity index (χ0n) is 28.2. The van der Waals surface area contributed by atoms with E-state index >= 15 is 0 Å². The molecule has 6 amide bonds. The van der Waals surface area contributed by atoms with E-state index in [-0.39, 0.29) is 43.3 Å². The zero-order valence-corrected chi connectivity index (χ0v) is 28.2. The average Bonchev–Trinajstić information content (AvgIpc) is 3.73. The van der Waals surface area contributed by atoms with Crippen LogP contribution >= 0.6 is 0 Å². The molecule has 0 unspecified atom stereocenters. The van der Waals surface area contributed by atoms with Crippen LogP contribution in [0.25, 0.3) is 0 Å². The number of amides is 6. The van der Waals surface area contributed by atoms with Crippen LogP contribution in [0.3, 0.4) is 0 Å². The summed E-state index contributed by atoms with van der Waals surface area (Å²) in [5, 5.41) is 25.3. The molecule has 2 aliphatic heterocycles. The van der Waals surface area contributed by atoms with Gasteiger partial charge in [-0.05, 0) is 71.3 Å². The highest BCUT2D eigenvalue weighted by molar-refractivity contribution is 5.96. The number of aliphatic carboxylic acids is 1. The molecule has 2 saturated heterocycles. The van der Waals surface area contributed by atoms with Crippen LogP contribution in [0.4, 0.5) is 0 Å². The highest BCUT2D eigenvalue weighted by Gasteiger charge is 2.37. The second kappa shape index (κ2) is 19.4. The Hall–Kier alpha value is -4.48. The zero-order chi connectivity index (χ0) is 36.0. The molecule has 2 aliphatic rings. The normalized spacial score (nSPS) is 19.7. The number of nitrogens with zero attached hydrogens (tertiary/aromatic N) is 2. The standard InChI is InChI=1S/C30H52N10O8/c1-16(2)14-21(39-26(44)19-8-5-11-33-19)25(43)35-15-23(41)36-18(4)28(46)40-13-7-10-22(40)27(45)37-17(3)24(42)38-20(29(47)48)9-6-12-34-30(31)32/h16-22,33H,5-15H2,1-4H3,(H,35,43)(H,36,41)(H,37,45)(H,38,42)(H,39,44)(H,47,48)(H4,31,32,34)/t17-,18-,19-,20-,21-,22-/m0/s1. The number of rotatable bonds is 18. The van der Waals surface area contributed by atoms with Crippen molar-refractivity contribution >= 4 is 47.4 Å². The number of nitrogens with two attached hydrogens (primary N) is 2. The van der Waals surface area contributed by atoms with E-state index in [9.17, 15) is 38.7 Å². The van der Waals surface area contributed by atoms with Crippen LogP contribution in [-0.4, -0.2) is 120 Å². The van der Waals surface area contributed by atoms with Crippen molar-refractivity contribution in [3.05, 3.63) is 0 Å². The van der Waals surface area contributed by atoms with Crippen LogP contribution in [0, 0.1) is 5.92 Å². The molecule has 18 nitrogen and oxygen atoms in total. The van der Waals surface area contributed by atoms with Crippen LogP contribution < -0.4 is 43.4 Å². The molecular weight excluding hydrogens is 628 g/mol. The van der Waals surface area contributed by atoms with E-state index < -0.39 is 72.3 Å². The van der Waals surface area contributed by atoms with E-state index in [0.717, 1.165) is 13.0 Å². The molecule has 0 saturated carbocycles. The predicted octanol–water partition coefficient (Wildman–Crippen LogP) is -2.99. The van der Waals surface area contributed by atoms with Gasteiger partial charge in [0.25, 0.3) is 0 Å². The number of guanidine groups is 1. The number of carbonyl (C=O) groups excluding carboxylic acids is 6. The number of carbonyl (C=O) groups is 7. The number of carboxylic acids is 1. The van der Waals surface area contributed by atoms with Gasteiger partial charge in [0, 0.05) is 13.1 Å². The summed E-state index contributed by atoms with van der Waals surface area (Å²) >= 11 is 0. The predicted molar refractivity (Wildman–Crippen MR) is 175 cm³/mol. The summed E-state index contributed by atoms with van der Waals surface area (Å²) in [5.41, 5.74) is 10.5. The molecule has 0 aromatic carbocycles. The molecule has 0 aromatic heterocycles. The Morgan fingerprint density at radius 3 is 2.19 bits per heavy atom. The van der Waals surface area contributed by atoms with Crippen molar-refractivity contribution in [1.29, 1.82) is 0 Å². The maximum atomic E-state index is 13.2. The smallest absolute Gasteiger partial charge is 0.326 e. The first-order chi connectivity index (χ1) is 22.6. The van der Waals surface area contributed by atoms with Gasteiger partial charge in [0.05, 0.1) is 12.6 Å². The number of carboxylic acid groups (broad SMARTS) is 1. The Kier molecular flexibility index (Phi) is 16.0. The Morgan fingerprint density at radius 1 is 0.875 bits per heavy atom. The molecule has 0 aromatic rings. The monoisotopic (exact) mass is 680 g/mol. The molecular formula is C30H52N10O8. The molecule has 6 atom stereocenters. The van der Waals surface area contributed by atoms with Gasteiger partial charge in [-0.15, -0.1) is 0 Å². The first kappa shape index (κ1) is 39.7. The van der Waals surface area contributed by atoms with Crippen molar-refractivity contribution in [2.24, 2.45) is 22.4 Å². The summed E-state index contributed by atoms with van der Waals surface area (Å²) < 4.78 is 0. The van der Waals surface area contributed by atoms with Crippen molar-refractivity contribution in [2.75, 3.05) is 26.2 Å². The van der Waals surface area contributed by atoms with Crippen molar-refractivity contribution in [3.8, 4) is 0 Å². The fourth-order valence-corrected chi connectivity index (χ4v) is 5.51. The van der Waals surface area contributed by atoms with E-state index in [1.54, 1.807) is 0 Å². The number of hydrogen-bond acceptors (Lipinski definition) is 9. The number of hydrogen-bond donors (Lipinski definition) is 9. The minimum absolute atomic E-state index is 0.0595. The second-order valence-corrected chi connectivity index (χ2v) is 12.6. The summed E-state index contributed by atoms with van der Waals surface area (Å²) in [6, 6.07) is -5.45. The van der Waals surface area contributed by atoms with Gasteiger partial charge in [0.1, 0.15) is 30.2 Å². The van der Waals surface area contributed by atoms with Crippen LogP contribution in [0.1, 0.15) is 72.6 Å². The number of aliphatic imine (C=N–C) groups is 1. The van der Waals surface area contributed by atoms with Gasteiger partial charge in [-0.3, -0.25) is 33.8 Å². The summed E-state index contributed by atoms with van der Waals surface area (Å²) in [4.78, 5) is 93.8. The van der Waals surface area contributed by atoms with Crippen LogP contribution in [0.15, 0.2) is 4.99 Å². The van der Waals surface area contributed by atoms with Gasteiger partial charge >= 0.3 is 5.97 Å². The lowest BCUT2D eigenvalue weighted by Gasteiger charge is -2.28. The maximum Gasteiger partial charge on any atom is 0.326 e. The third-order valence-corrected chi connectivity index (χ3v) is 8.04. The molecule has 48 heavy (non-hydrogen) atoms. The van der Waals surface area contributed by atoms with Crippen LogP contribution in [0.2, 0.25) is 0 Å². The minimum Gasteiger partial charge on any atom is -0.480 e. The average molecular weight is 681 g/mol. The summed E-state index contributed by atoms with van der Waals surface area (Å²) in [7, 11) is 0. The molecule has 270 valence electrons. The highest BCUT2D eigenvalue weighted by atomic mass is 16.4. The molecule has 0 radical (unpaired) electrons. The first-order valence-electron chi connectivity index (χ1n) is 16.4. The molecule has 18 heteroatoms. The number of likely N-dealkylation sites (tertiary alicyclic amines) is 1. The quantitative estimate of drug-likeness (QED) is 0.0400. The number of nitrogens with one attached hydrogen (secondary N) is 6. The van der Waals surface area contributed by atoms with Gasteiger partial charge < -0.3 is 53.4 Å². The van der Waals surface area contributed by atoms with Crippen LogP contribution in [0.5, 0.6) is 0 Å². The van der Waals surface area contributed by atoms with E-state index in [1.165, 1.54) is 18.7 Å². The summed E-state index contributed by atoms with van der Waals surface area (Å²) in [6.45, 7) is 7.42. The molecule has 0 spiro atoms. The van der Waals surface area contributed by atoms with Crippen molar-refractivity contribution in [2.45, 2.75) is 109 Å². The fraction of sp³-hybridized carbons (Fsp3) is 0.733. The third kappa shape index (κ3) is 13.0. The second-order valence-electron chi connectivity index (χ2n) is 12.6. The van der Waals surface area contributed by atoms with Gasteiger partial charge in [-0.1, -0.05) is 13.8 Å². The fourth-order valence-electron chi connectivity index (χ4n) is 5.51. The minimum atomic E-state index is -1.26. The first-order valence-corrected chi connectivity index (χ1v) is 16.4. The van der Waals surface area contributed by atoms with Crippen molar-refractivity contribution in [3.63, 3.8) is 0 Å². The lowest BCUT2D eigenvalue weighted by Crippen LogP contribution is -2.57. The van der Waals surface area contributed by atoms with Gasteiger partial charge in [0.15, 0.2) is 5.96 Å². The Bertz CT molecular complexity index is 1200. The van der Waals surface area contributed by atoms with Crippen molar-refractivity contribution in [1.82, 2.24) is 36.8 Å². The lowest BCUT2D eigenvalue weighted by atomic mass is 10.0. The summed E-state index contributed by atoms with van der Waals surface area (Å²) in [6.07, 6.45) is 3.12. The van der Waals surface area contributed by atoms with Gasteiger partial charge in [0.2, 0.25) is 35.4 Å². The topological polar surface area (TPSA) is 280 Å². The molecule has 0 aliphatic carbocycles. The lowest BCUT2D eigenvalue weighted by molar-refractivity contribution is -0.143. The SMILES string of the molecule is CC(C)C[C@H](NC(=O)[C@@H]1CCCN1)C(=O)NCC(=O)N[C@@H](C)C(=O)N1CCC[C@H]1C(=O)N[C@@H](C)C(=O)N[C@@H](CCCN=C(N)N)C(=O)O. The van der Waals surface area contributed by atoms with Gasteiger partial charge in [-0.25, -0.2) is 4.79 Å². The largest absolute Gasteiger partial charge is 0.480 e. The van der Waals surface area contributed by atoms with Gasteiger partial charge in [-0.2, -0.15) is 0 Å². The van der Waals surface area contributed by atoms with E-state index in [0.29, 0.717) is 32.1 Å². The molecule has 2 rings (SSSR count).